The molecular formula is C7H7NO3S. The van der Waals surface area contributed by atoms with Crippen LogP contribution in [0.1, 0.15) is 12.8 Å². The van der Waals surface area contributed by atoms with Crippen molar-refractivity contribution in [2.24, 2.45) is 0 Å². The molecule has 2 aliphatic rings. The Morgan fingerprint density at radius 3 is 2.92 bits per heavy atom. The Bertz CT molecular complexity index is 402. The molecule has 0 fully saturated rings. The number of hydrogen-bond donors (Lipinski definition) is 1. The third-order valence-electron chi connectivity index (χ3n) is 1.89. The Morgan fingerprint density at radius 2 is 2.17 bits per heavy atom. The summed E-state index contributed by atoms with van der Waals surface area (Å²) in [5.41, 5.74) is 0.707. The molecule has 0 aromatic carbocycles. The normalized spacial score (nSPS) is 25.5. The molecule has 1 aliphatic heterocycles. The Labute approximate surface area is 70.0 Å². The van der Waals surface area contributed by atoms with Crippen LogP contribution in [0.5, 0.6) is 0 Å². The van der Waals surface area contributed by atoms with Gasteiger partial charge < -0.3 is 0 Å². The van der Waals surface area contributed by atoms with Crippen LogP contribution in [0.3, 0.4) is 0 Å². The molecule has 0 radical (unpaired) electrons. The van der Waals surface area contributed by atoms with E-state index in [1.54, 1.807) is 12.2 Å². The standard InChI is InChI=1S/C7H7NO3S/c9-7-4-5-2-1-3-6(5)12(10,11)8-7/h1,3H,2,4H2,(H,8,9). The van der Waals surface area contributed by atoms with E-state index >= 15 is 0 Å². The Kier molecular flexibility index (Phi) is 1.38. The number of sulfonamides is 1. The molecule has 0 bridgehead atoms. The largest absolute Gasteiger partial charge is 0.274 e. The first-order valence-electron chi connectivity index (χ1n) is 3.54. The van der Waals surface area contributed by atoms with Crippen LogP contribution in [0.4, 0.5) is 0 Å². The minimum atomic E-state index is -3.52. The first-order chi connectivity index (χ1) is 5.59. The summed E-state index contributed by atoms with van der Waals surface area (Å²) in [6, 6.07) is 0. The molecule has 0 spiro atoms. The van der Waals surface area contributed by atoms with Crippen molar-refractivity contribution in [2.75, 3.05) is 0 Å². The number of nitrogens with one attached hydrogen (secondary N) is 1. The van der Waals surface area contributed by atoms with Gasteiger partial charge in [0.05, 0.1) is 11.3 Å². The van der Waals surface area contributed by atoms with Crippen molar-refractivity contribution in [1.82, 2.24) is 4.72 Å². The summed E-state index contributed by atoms with van der Waals surface area (Å²) in [7, 11) is -3.52. The zero-order valence-electron chi connectivity index (χ0n) is 6.20. The Hall–Kier alpha value is -1.10. The van der Waals surface area contributed by atoms with Crippen LogP contribution in [-0.4, -0.2) is 14.3 Å². The van der Waals surface area contributed by atoms with Gasteiger partial charge >= 0.3 is 0 Å². The fourth-order valence-electron chi connectivity index (χ4n) is 1.40. The van der Waals surface area contributed by atoms with E-state index in [0.717, 1.165) is 0 Å². The molecule has 4 nitrogen and oxygen atoms in total. The second-order valence-corrected chi connectivity index (χ2v) is 4.43. The molecular weight excluding hydrogens is 178 g/mol. The summed E-state index contributed by atoms with van der Waals surface area (Å²) in [6.07, 6.45) is 4.09. The molecule has 64 valence electrons. The molecule has 1 heterocycles. The van der Waals surface area contributed by atoms with Gasteiger partial charge in [-0.15, -0.1) is 0 Å². The summed E-state index contributed by atoms with van der Waals surface area (Å²) in [5, 5.41) is 0. The maximum atomic E-state index is 11.2. The summed E-state index contributed by atoms with van der Waals surface area (Å²) in [5.74, 6) is -0.433. The van der Waals surface area contributed by atoms with E-state index in [1.165, 1.54) is 0 Å². The van der Waals surface area contributed by atoms with E-state index < -0.39 is 15.9 Å². The first kappa shape index (κ1) is 7.54. The fourth-order valence-corrected chi connectivity index (χ4v) is 2.69. The predicted molar refractivity (Wildman–Crippen MR) is 42.5 cm³/mol. The number of hydrogen-bond acceptors (Lipinski definition) is 3. The van der Waals surface area contributed by atoms with E-state index in [-0.39, 0.29) is 11.3 Å². The van der Waals surface area contributed by atoms with E-state index in [9.17, 15) is 13.2 Å². The maximum Gasteiger partial charge on any atom is 0.264 e. The van der Waals surface area contributed by atoms with Crippen LogP contribution < -0.4 is 4.72 Å². The van der Waals surface area contributed by atoms with Gasteiger partial charge in [0.15, 0.2) is 0 Å². The van der Waals surface area contributed by atoms with Gasteiger partial charge in [0.2, 0.25) is 5.91 Å². The van der Waals surface area contributed by atoms with Gasteiger partial charge in [0.25, 0.3) is 10.0 Å². The SMILES string of the molecule is O=C1CC2=C(C=CC2)S(=O)(=O)N1. The van der Waals surface area contributed by atoms with E-state index in [1.807, 2.05) is 4.72 Å². The van der Waals surface area contributed by atoms with Gasteiger partial charge in [0.1, 0.15) is 0 Å². The van der Waals surface area contributed by atoms with Crippen LogP contribution in [0.25, 0.3) is 0 Å². The van der Waals surface area contributed by atoms with Crippen molar-refractivity contribution in [3.05, 3.63) is 22.6 Å². The summed E-state index contributed by atoms with van der Waals surface area (Å²) in [4.78, 5) is 11.1. The van der Waals surface area contributed by atoms with E-state index in [4.69, 9.17) is 0 Å². The van der Waals surface area contributed by atoms with Crippen molar-refractivity contribution in [3.8, 4) is 0 Å². The molecule has 1 aliphatic carbocycles. The number of carbonyl (C=O) groups is 1. The zero-order valence-corrected chi connectivity index (χ0v) is 7.02. The van der Waals surface area contributed by atoms with Crippen molar-refractivity contribution in [1.29, 1.82) is 0 Å². The van der Waals surface area contributed by atoms with Gasteiger partial charge in [-0.05, 0) is 18.1 Å². The lowest BCUT2D eigenvalue weighted by atomic mass is 10.1. The molecule has 0 aromatic rings. The minimum absolute atomic E-state index is 0.210. The minimum Gasteiger partial charge on any atom is -0.274 e. The van der Waals surface area contributed by atoms with Gasteiger partial charge in [0, 0.05) is 0 Å². The highest BCUT2D eigenvalue weighted by Crippen LogP contribution is 2.28. The third-order valence-corrected chi connectivity index (χ3v) is 3.39. The molecule has 0 saturated heterocycles. The lowest BCUT2D eigenvalue weighted by Gasteiger charge is -2.14. The molecule has 0 atom stereocenters. The van der Waals surface area contributed by atoms with Crippen LogP contribution in [-0.2, 0) is 14.8 Å². The topological polar surface area (TPSA) is 63.2 Å². The molecule has 0 saturated carbocycles. The quantitative estimate of drug-likeness (QED) is 0.580. The maximum absolute atomic E-state index is 11.2. The van der Waals surface area contributed by atoms with E-state index in [0.29, 0.717) is 12.0 Å². The second kappa shape index (κ2) is 2.20. The Morgan fingerprint density at radius 1 is 1.42 bits per heavy atom. The van der Waals surface area contributed by atoms with E-state index in [2.05, 4.69) is 0 Å². The highest BCUT2D eigenvalue weighted by atomic mass is 32.2. The zero-order chi connectivity index (χ0) is 8.77. The molecule has 0 aromatic heterocycles. The molecule has 0 unspecified atom stereocenters. The first-order valence-corrected chi connectivity index (χ1v) is 5.02. The van der Waals surface area contributed by atoms with Gasteiger partial charge in [-0.2, -0.15) is 0 Å². The van der Waals surface area contributed by atoms with Crippen molar-refractivity contribution in [2.45, 2.75) is 12.8 Å². The molecule has 12 heavy (non-hydrogen) atoms. The number of amides is 1. The predicted octanol–water partition coefficient (Wildman–Crippen LogP) is 0.0501. The van der Waals surface area contributed by atoms with Crippen LogP contribution >= 0.6 is 0 Å². The second-order valence-electron chi connectivity index (χ2n) is 2.78. The number of rotatable bonds is 0. The van der Waals surface area contributed by atoms with Crippen LogP contribution in [0, 0.1) is 0 Å². The van der Waals surface area contributed by atoms with Gasteiger partial charge in [-0.3, -0.25) is 4.79 Å². The fraction of sp³-hybridized carbons (Fsp3) is 0.286. The Balaban J connectivity index is 2.58. The van der Waals surface area contributed by atoms with Gasteiger partial charge in [-0.1, -0.05) is 6.08 Å². The summed E-state index contributed by atoms with van der Waals surface area (Å²) < 4.78 is 24.4. The lowest BCUT2D eigenvalue weighted by Crippen LogP contribution is -2.35. The van der Waals surface area contributed by atoms with Gasteiger partial charge in [-0.25, -0.2) is 13.1 Å². The highest BCUT2D eigenvalue weighted by Gasteiger charge is 2.30. The molecule has 1 N–H and O–H groups in total. The molecule has 1 amide bonds. The average Bonchev–Trinajstić information content (AvgIpc) is 2.32. The molecule has 2 rings (SSSR count). The summed E-state index contributed by atoms with van der Waals surface area (Å²) in [6.45, 7) is 0. The molecule has 5 heteroatoms. The lowest BCUT2D eigenvalue weighted by molar-refractivity contribution is -0.118. The third kappa shape index (κ3) is 0.972. The highest BCUT2D eigenvalue weighted by molar-refractivity contribution is 7.94. The van der Waals surface area contributed by atoms with Crippen LogP contribution in [0.2, 0.25) is 0 Å². The monoisotopic (exact) mass is 185 g/mol. The number of allylic oxidation sites excluding steroid dienone is 2. The number of carbonyl (C=O) groups excluding carboxylic acids is 1. The van der Waals surface area contributed by atoms with Crippen LogP contribution in [0.15, 0.2) is 22.6 Å². The average molecular weight is 185 g/mol. The summed E-state index contributed by atoms with van der Waals surface area (Å²) >= 11 is 0. The van der Waals surface area contributed by atoms with Crippen molar-refractivity contribution in [3.63, 3.8) is 0 Å². The smallest absolute Gasteiger partial charge is 0.264 e. The van der Waals surface area contributed by atoms with Crippen molar-refractivity contribution < 1.29 is 13.2 Å². The van der Waals surface area contributed by atoms with Crippen molar-refractivity contribution >= 4 is 15.9 Å².